The largest absolute Gasteiger partial charge is 0.429 e. The lowest BCUT2D eigenvalue weighted by atomic mass is 10.0. The predicted octanol–water partition coefficient (Wildman–Crippen LogP) is 1.48. The molecule has 2 aromatic carbocycles. The Morgan fingerprint density at radius 1 is 1.20 bits per heavy atom. The van der Waals surface area contributed by atoms with E-state index in [1.54, 1.807) is 42.5 Å². The fourth-order valence-corrected chi connectivity index (χ4v) is 1.89. The highest BCUT2D eigenvalue weighted by Crippen LogP contribution is 2.26. The van der Waals surface area contributed by atoms with Crippen LogP contribution in [-0.2, 0) is 11.4 Å². The summed E-state index contributed by atoms with van der Waals surface area (Å²) >= 11 is 0. The summed E-state index contributed by atoms with van der Waals surface area (Å²) in [5.74, 6) is -0.194. The van der Waals surface area contributed by atoms with Gasteiger partial charge in [0.1, 0.15) is 5.75 Å². The molecule has 0 aliphatic carbocycles. The van der Waals surface area contributed by atoms with Gasteiger partial charge in [-0.15, -0.1) is 0 Å². The summed E-state index contributed by atoms with van der Waals surface area (Å²) in [6.45, 7) is 0.138. The van der Waals surface area contributed by atoms with Gasteiger partial charge in [0.15, 0.2) is 0 Å². The molecule has 102 valence electrons. The molecule has 0 saturated heterocycles. The third kappa shape index (κ3) is 3.02. The normalized spacial score (nSPS) is 10.1. The molecule has 2 rings (SSSR count). The number of ether oxygens (including phenoxy) is 1. The van der Waals surface area contributed by atoms with E-state index < -0.39 is 5.91 Å². The van der Waals surface area contributed by atoms with E-state index in [2.05, 4.69) is 0 Å². The Labute approximate surface area is 115 Å². The number of nitrogens with two attached hydrogens (primary N) is 1. The second kappa shape index (κ2) is 5.99. The monoisotopic (exact) mass is 271 g/mol. The number of carbonyl (C=O) groups is 2. The second-order valence-corrected chi connectivity index (χ2v) is 4.18. The van der Waals surface area contributed by atoms with Crippen LogP contribution >= 0.6 is 0 Å². The summed E-state index contributed by atoms with van der Waals surface area (Å²) in [6, 6.07) is 11.7. The molecule has 5 heteroatoms. The molecule has 0 atom stereocenters. The van der Waals surface area contributed by atoms with Crippen LogP contribution in [0.5, 0.6) is 5.75 Å². The summed E-state index contributed by atoms with van der Waals surface area (Å²) in [5, 5.41) is 9.23. The van der Waals surface area contributed by atoms with Crippen molar-refractivity contribution in [2.75, 3.05) is 0 Å². The number of benzene rings is 2. The van der Waals surface area contributed by atoms with Gasteiger partial charge in [0.2, 0.25) is 5.91 Å². The van der Waals surface area contributed by atoms with E-state index in [9.17, 15) is 14.7 Å². The number of aliphatic hydroxyl groups excluding tert-OH is 1. The summed E-state index contributed by atoms with van der Waals surface area (Å²) < 4.78 is 4.80. The van der Waals surface area contributed by atoms with E-state index in [-0.39, 0.29) is 6.61 Å². The molecule has 3 N–H and O–H groups in total. The van der Waals surface area contributed by atoms with E-state index >= 15 is 0 Å². The molecule has 0 heterocycles. The summed E-state index contributed by atoms with van der Waals surface area (Å²) in [7, 11) is 0. The Balaban J connectivity index is 2.50. The molecular formula is C15H13NO4. The standard InChI is InChI=1S/C15H13NO4/c16-15(19)12-3-1-2-11(6-12)13-4-10(8-17)5-14(7-13)20-9-18/h1-7,9,17H,8H2,(H2,16,19). The number of carbonyl (C=O) groups excluding carboxylic acids is 2. The van der Waals surface area contributed by atoms with E-state index in [1.807, 2.05) is 0 Å². The Morgan fingerprint density at radius 3 is 2.65 bits per heavy atom. The van der Waals surface area contributed by atoms with Crippen LogP contribution in [0.3, 0.4) is 0 Å². The fourth-order valence-electron chi connectivity index (χ4n) is 1.89. The van der Waals surface area contributed by atoms with Crippen molar-refractivity contribution in [3.05, 3.63) is 53.6 Å². The SMILES string of the molecule is NC(=O)c1cccc(-c2cc(CO)cc(OC=O)c2)c1. The highest BCUT2D eigenvalue weighted by molar-refractivity contribution is 5.94. The minimum absolute atomic E-state index is 0.182. The van der Waals surface area contributed by atoms with E-state index in [0.717, 1.165) is 11.1 Å². The molecule has 0 saturated carbocycles. The first-order chi connectivity index (χ1) is 9.63. The number of hydrogen-bond donors (Lipinski definition) is 2. The van der Waals surface area contributed by atoms with Crippen LogP contribution in [-0.4, -0.2) is 17.5 Å². The Kier molecular flexibility index (Phi) is 4.12. The van der Waals surface area contributed by atoms with E-state index in [0.29, 0.717) is 23.3 Å². The number of rotatable bonds is 5. The van der Waals surface area contributed by atoms with Gasteiger partial charge < -0.3 is 15.6 Å². The van der Waals surface area contributed by atoms with E-state index in [1.165, 1.54) is 0 Å². The van der Waals surface area contributed by atoms with Crippen molar-refractivity contribution >= 4 is 12.4 Å². The molecule has 0 radical (unpaired) electrons. The average molecular weight is 271 g/mol. The number of amides is 1. The van der Waals surface area contributed by atoms with Crippen LogP contribution in [0, 0.1) is 0 Å². The third-order valence-electron chi connectivity index (χ3n) is 2.81. The van der Waals surface area contributed by atoms with E-state index in [4.69, 9.17) is 10.5 Å². The Hall–Kier alpha value is -2.66. The van der Waals surface area contributed by atoms with Gasteiger partial charge >= 0.3 is 0 Å². The van der Waals surface area contributed by atoms with Gasteiger partial charge in [0.25, 0.3) is 6.47 Å². The van der Waals surface area contributed by atoms with Crippen LogP contribution in [0.2, 0.25) is 0 Å². The first kappa shape index (κ1) is 13.8. The van der Waals surface area contributed by atoms with Crippen molar-refractivity contribution < 1.29 is 19.4 Å². The molecule has 0 spiro atoms. The van der Waals surface area contributed by atoms with Crippen molar-refractivity contribution in [2.45, 2.75) is 6.61 Å². The van der Waals surface area contributed by atoms with Crippen molar-refractivity contribution in [1.29, 1.82) is 0 Å². The zero-order valence-electron chi connectivity index (χ0n) is 10.6. The predicted molar refractivity (Wildman–Crippen MR) is 73.0 cm³/mol. The summed E-state index contributed by atoms with van der Waals surface area (Å²) in [5.41, 5.74) is 7.69. The van der Waals surface area contributed by atoms with Crippen LogP contribution in [0.4, 0.5) is 0 Å². The lowest BCUT2D eigenvalue weighted by Gasteiger charge is -2.08. The topological polar surface area (TPSA) is 89.6 Å². The van der Waals surface area contributed by atoms with Gasteiger partial charge in [-0.3, -0.25) is 9.59 Å². The lowest BCUT2D eigenvalue weighted by molar-refractivity contribution is -0.120. The quantitative estimate of drug-likeness (QED) is 0.806. The van der Waals surface area contributed by atoms with Crippen LogP contribution in [0.25, 0.3) is 11.1 Å². The van der Waals surface area contributed by atoms with Crippen LogP contribution < -0.4 is 10.5 Å². The van der Waals surface area contributed by atoms with Crippen molar-refractivity contribution in [3.63, 3.8) is 0 Å². The third-order valence-corrected chi connectivity index (χ3v) is 2.81. The van der Waals surface area contributed by atoms with Crippen LogP contribution in [0.1, 0.15) is 15.9 Å². The maximum Gasteiger partial charge on any atom is 0.298 e. The second-order valence-electron chi connectivity index (χ2n) is 4.18. The average Bonchev–Trinajstić information content (AvgIpc) is 2.47. The van der Waals surface area contributed by atoms with Crippen molar-refractivity contribution in [3.8, 4) is 16.9 Å². The van der Waals surface area contributed by atoms with Gasteiger partial charge in [0.05, 0.1) is 6.61 Å². The molecule has 0 aliphatic rings. The van der Waals surface area contributed by atoms with Gasteiger partial charge in [-0.1, -0.05) is 12.1 Å². The highest BCUT2D eigenvalue weighted by atomic mass is 16.5. The Bertz CT molecular complexity index is 652. The summed E-state index contributed by atoms with van der Waals surface area (Å²) in [4.78, 5) is 21.6. The minimum Gasteiger partial charge on any atom is -0.429 e. The number of primary amides is 1. The van der Waals surface area contributed by atoms with Crippen molar-refractivity contribution in [2.24, 2.45) is 5.73 Å². The molecule has 0 bridgehead atoms. The maximum atomic E-state index is 11.2. The highest BCUT2D eigenvalue weighted by Gasteiger charge is 2.07. The molecule has 5 nitrogen and oxygen atoms in total. The first-order valence-corrected chi connectivity index (χ1v) is 5.89. The van der Waals surface area contributed by atoms with Gasteiger partial charge in [-0.2, -0.15) is 0 Å². The maximum absolute atomic E-state index is 11.2. The zero-order valence-corrected chi connectivity index (χ0v) is 10.6. The van der Waals surface area contributed by atoms with Gasteiger partial charge in [0, 0.05) is 5.56 Å². The smallest absolute Gasteiger partial charge is 0.298 e. The summed E-state index contributed by atoms with van der Waals surface area (Å²) in [6.07, 6.45) is 0. The Morgan fingerprint density at radius 2 is 2.00 bits per heavy atom. The molecule has 0 fully saturated rings. The van der Waals surface area contributed by atoms with Crippen LogP contribution in [0.15, 0.2) is 42.5 Å². The molecule has 0 aromatic heterocycles. The minimum atomic E-state index is -0.519. The number of aliphatic hydroxyl groups is 1. The lowest BCUT2D eigenvalue weighted by Crippen LogP contribution is -2.10. The molecule has 0 aliphatic heterocycles. The van der Waals surface area contributed by atoms with Gasteiger partial charge in [-0.05, 0) is 47.0 Å². The molecule has 1 amide bonds. The number of hydrogen-bond acceptors (Lipinski definition) is 4. The zero-order chi connectivity index (χ0) is 14.5. The fraction of sp³-hybridized carbons (Fsp3) is 0.0667. The molecule has 0 unspecified atom stereocenters. The van der Waals surface area contributed by atoms with Gasteiger partial charge in [-0.25, -0.2) is 0 Å². The van der Waals surface area contributed by atoms with Crippen molar-refractivity contribution in [1.82, 2.24) is 0 Å². The first-order valence-electron chi connectivity index (χ1n) is 5.89. The molecular weight excluding hydrogens is 258 g/mol. The molecule has 2 aromatic rings. The molecule has 20 heavy (non-hydrogen) atoms.